The summed E-state index contributed by atoms with van der Waals surface area (Å²) in [6, 6.07) is 14.3. The number of nitrogens with two attached hydrogens (primary N) is 1. The molecule has 5 nitrogen and oxygen atoms in total. The number of benzene rings is 2. The van der Waals surface area contributed by atoms with Crippen molar-refractivity contribution in [2.45, 2.75) is 19.0 Å². The van der Waals surface area contributed by atoms with Gasteiger partial charge in [-0.2, -0.15) is 0 Å². The number of carbonyl (C=O) groups excluding carboxylic acids is 1. The first-order valence-electron chi connectivity index (χ1n) is 7.41. The summed E-state index contributed by atoms with van der Waals surface area (Å²) >= 11 is 0. The highest BCUT2D eigenvalue weighted by Crippen LogP contribution is 2.26. The van der Waals surface area contributed by atoms with Gasteiger partial charge in [0.15, 0.2) is 11.5 Å². The number of hydrogen-bond donors (Lipinski definition) is 2. The number of phenolic OH excluding ortho intramolecular Hbond substituents is 1. The molecule has 1 atom stereocenters. The second-order valence-electron chi connectivity index (χ2n) is 5.48. The Hall–Kier alpha value is -2.53. The SMILES string of the molecule is COc1cc(CN(C)C(=O)CC(N)c2ccccc2)ccc1O. The number of phenols is 1. The number of methoxy groups -OCH3 is 1. The van der Waals surface area contributed by atoms with Crippen molar-refractivity contribution in [3.63, 3.8) is 0 Å². The number of hydrogen-bond acceptors (Lipinski definition) is 4. The normalized spacial score (nSPS) is 11.8. The lowest BCUT2D eigenvalue weighted by molar-refractivity contribution is -0.130. The van der Waals surface area contributed by atoms with E-state index in [9.17, 15) is 9.90 Å². The molecule has 2 aromatic rings. The Morgan fingerprint density at radius 1 is 1.26 bits per heavy atom. The standard InChI is InChI=1S/C18H22N2O3/c1-20(12-13-8-9-16(21)17(10-13)23-2)18(22)11-15(19)14-6-4-3-5-7-14/h3-10,15,21H,11-12,19H2,1-2H3. The minimum absolute atomic E-state index is 0.0339. The maximum atomic E-state index is 12.3. The zero-order chi connectivity index (χ0) is 16.8. The molecule has 0 aliphatic heterocycles. The Kier molecular flexibility index (Phi) is 5.60. The zero-order valence-electron chi connectivity index (χ0n) is 13.4. The van der Waals surface area contributed by atoms with Crippen molar-refractivity contribution in [3.05, 3.63) is 59.7 Å². The van der Waals surface area contributed by atoms with Gasteiger partial charge in [0.1, 0.15) is 0 Å². The van der Waals surface area contributed by atoms with Gasteiger partial charge >= 0.3 is 0 Å². The van der Waals surface area contributed by atoms with E-state index in [1.807, 2.05) is 30.3 Å². The summed E-state index contributed by atoms with van der Waals surface area (Å²) in [7, 11) is 3.23. The number of amides is 1. The van der Waals surface area contributed by atoms with E-state index in [0.29, 0.717) is 12.3 Å². The van der Waals surface area contributed by atoms with Gasteiger partial charge in [0.2, 0.25) is 5.91 Å². The molecule has 23 heavy (non-hydrogen) atoms. The average molecular weight is 314 g/mol. The van der Waals surface area contributed by atoms with Gasteiger partial charge in [0, 0.05) is 26.1 Å². The van der Waals surface area contributed by atoms with Gasteiger partial charge in [-0.05, 0) is 23.3 Å². The summed E-state index contributed by atoms with van der Waals surface area (Å²) < 4.78 is 5.08. The molecule has 0 fully saturated rings. The molecular formula is C18H22N2O3. The van der Waals surface area contributed by atoms with E-state index >= 15 is 0 Å². The molecule has 0 saturated heterocycles. The fourth-order valence-electron chi connectivity index (χ4n) is 2.34. The van der Waals surface area contributed by atoms with E-state index in [4.69, 9.17) is 10.5 Å². The third-order valence-electron chi connectivity index (χ3n) is 3.71. The fraction of sp³-hybridized carbons (Fsp3) is 0.278. The Bertz CT molecular complexity index is 659. The highest BCUT2D eigenvalue weighted by atomic mass is 16.5. The molecule has 1 amide bonds. The monoisotopic (exact) mass is 314 g/mol. The van der Waals surface area contributed by atoms with Gasteiger partial charge in [-0.1, -0.05) is 36.4 Å². The molecule has 5 heteroatoms. The maximum absolute atomic E-state index is 12.3. The van der Waals surface area contributed by atoms with E-state index in [0.717, 1.165) is 11.1 Å². The zero-order valence-corrected chi connectivity index (χ0v) is 13.4. The molecule has 0 heterocycles. The van der Waals surface area contributed by atoms with Crippen molar-refractivity contribution in [1.29, 1.82) is 0 Å². The van der Waals surface area contributed by atoms with Crippen molar-refractivity contribution >= 4 is 5.91 Å². The first kappa shape index (κ1) is 16.8. The van der Waals surface area contributed by atoms with E-state index in [-0.39, 0.29) is 24.1 Å². The van der Waals surface area contributed by atoms with Crippen LogP contribution in [0.25, 0.3) is 0 Å². The van der Waals surface area contributed by atoms with Crippen molar-refractivity contribution < 1.29 is 14.6 Å². The van der Waals surface area contributed by atoms with Gasteiger partial charge in [-0.15, -0.1) is 0 Å². The minimum Gasteiger partial charge on any atom is -0.504 e. The Labute approximate surface area is 136 Å². The first-order chi connectivity index (χ1) is 11.0. The number of ether oxygens (including phenoxy) is 1. The van der Waals surface area contributed by atoms with Crippen LogP contribution in [0.15, 0.2) is 48.5 Å². The lowest BCUT2D eigenvalue weighted by Gasteiger charge is -2.20. The Morgan fingerprint density at radius 2 is 1.96 bits per heavy atom. The van der Waals surface area contributed by atoms with Gasteiger partial charge in [0.05, 0.1) is 7.11 Å². The lowest BCUT2D eigenvalue weighted by atomic mass is 10.0. The largest absolute Gasteiger partial charge is 0.504 e. The lowest BCUT2D eigenvalue weighted by Crippen LogP contribution is -2.29. The topological polar surface area (TPSA) is 75.8 Å². The molecule has 3 N–H and O–H groups in total. The van der Waals surface area contributed by atoms with Crippen LogP contribution in [0.2, 0.25) is 0 Å². The van der Waals surface area contributed by atoms with Gasteiger partial charge < -0.3 is 20.5 Å². The first-order valence-corrected chi connectivity index (χ1v) is 7.41. The molecule has 0 radical (unpaired) electrons. The van der Waals surface area contributed by atoms with Crippen LogP contribution in [-0.2, 0) is 11.3 Å². The third-order valence-corrected chi connectivity index (χ3v) is 3.71. The Morgan fingerprint density at radius 3 is 2.61 bits per heavy atom. The van der Waals surface area contributed by atoms with Crippen molar-refractivity contribution in [1.82, 2.24) is 4.90 Å². The molecule has 0 bridgehead atoms. The molecular weight excluding hydrogens is 292 g/mol. The molecule has 0 saturated carbocycles. The average Bonchev–Trinajstić information content (AvgIpc) is 2.57. The van der Waals surface area contributed by atoms with Gasteiger partial charge in [-0.3, -0.25) is 4.79 Å². The summed E-state index contributed by atoms with van der Waals surface area (Å²) in [6.45, 7) is 0.428. The van der Waals surface area contributed by atoms with Crippen LogP contribution in [0.5, 0.6) is 11.5 Å². The second-order valence-corrected chi connectivity index (χ2v) is 5.48. The summed E-state index contributed by atoms with van der Waals surface area (Å²) in [5, 5.41) is 9.60. The summed E-state index contributed by atoms with van der Waals surface area (Å²) in [4.78, 5) is 13.9. The minimum atomic E-state index is -0.319. The predicted molar refractivity (Wildman–Crippen MR) is 89.1 cm³/mol. The number of nitrogens with zero attached hydrogens (tertiary/aromatic N) is 1. The van der Waals surface area contributed by atoms with E-state index in [1.165, 1.54) is 7.11 Å². The highest BCUT2D eigenvalue weighted by molar-refractivity contribution is 5.76. The van der Waals surface area contributed by atoms with Crippen LogP contribution in [0, 0.1) is 0 Å². The van der Waals surface area contributed by atoms with Crippen molar-refractivity contribution in [2.24, 2.45) is 5.73 Å². The van der Waals surface area contributed by atoms with Crippen LogP contribution in [0.1, 0.15) is 23.6 Å². The number of rotatable bonds is 6. The van der Waals surface area contributed by atoms with Gasteiger partial charge in [-0.25, -0.2) is 0 Å². The second kappa shape index (κ2) is 7.65. The summed E-state index contributed by atoms with van der Waals surface area (Å²) in [6.07, 6.45) is 0.246. The van der Waals surface area contributed by atoms with Crippen LogP contribution in [0.4, 0.5) is 0 Å². The van der Waals surface area contributed by atoms with Crippen LogP contribution in [-0.4, -0.2) is 30.1 Å². The van der Waals surface area contributed by atoms with E-state index in [1.54, 1.807) is 30.1 Å². The van der Waals surface area contributed by atoms with Crippen molar-refractivity contribution in [3.8, 4) is 11.5 Å². The molecule has 0 spiro atoms. The van der Waals surface area contributed by atoms with Crippen LogP contribution < -0.4 is 10.5 Å². The third kappa shape index (κ3) is 4.47. The molecule has 0 aromatic heterocycles. The van der Waals surface area contributed by atoms with E-state index in [2.05, 4.69) is 0 Å². The highest BCUT2D eigenvalue weighted by Gasteiger charge is 2.16. The molecule has 2 aromatic carbocycles. The van der Waals surface area contributed by atoms with Crippen LogP contribution >= 0.6 is 0 Å². The maximum Gasteiger partial charge on any atom is 0.224 e. The summed E-state index contributed by atoms with van der Waals surface area (Å²) in [5.41, 5.74) is 7.92. The Balaban J connectivity index is 1.97. The quantitative estimate of drug-likeness (QED) is 0.859. The number of carbonyl (C=O) groups is 1. The van der Waals surface area contributed by atoms with Crippen LogP contribution in [0.3, 0.4) is 0 Å². The smallest absolute Gasteiger partial charge is 0.224 e. The molecule has 0 aliphatic carbocycles. The number of aromatic hydroxyl groups is 1. The van der Waals surface area contributed by atoms with Crippen molar-refractivity contribution in [2.75, 3.05) is 14.2 Å². The molecule has 0 aliphatic rings. The molecule has 122 valence electrons. The molecule has 2 rings (SSSR count). The molecule has 1 unspecified atom stereocenters. The van der Waals surface area contributed by atoms with E-state index < -0.39 is 0 Å². The van der Waals surface area contributed by atoms with Gasteiger partial charge in [0.25, 0.3) is 0 Å². The fourth-order valence-corrected chi connectivity index (χ4v) is 2.34. The predicted octanol–water partition coefficient (Wildman–Crippen LogP) is 2.45. The summed E-state index contributed by atoms with van der Waals surface area (Å²) in [5.74, 6) is 0.439.